The molecule has 3 nitrogen and oxygen atoms in total. The molecule has 2 unspecified atom stereocenters. The highest BCUT2D eigenvalue weighted by Gasteiger charge is 2.29. The van der Waals surface area contributed by atoms with Crippen LogP contribution in [0.5, 0.6) is 0 Å². The van der Waals surface area contributed by atoms with Gasteiger partial charge in [0.15, 0.2) is 0 Å². The molecule has 3 rings (SSSR count). The van der Waals surface area contributed by atoms with Crippen LogP contribution in [0.4, 0.5) is 5.69 Å². The zero-order valence-electron chi connectivity index (χ0n) is 10.3. The SMILES string of the molecule is CC1CNCC1C(=O)Nc1ccc2sccc2c1. The van der Waals surface area contributed by atoms with Crippen molar-refractivity contribution < 1.29 is 4.79 Å². The van der Waals surface area contributed by atoms with E-state index in [0.717, 1.165) is 18.8 Å². The molecule has 1 amide bonds. The Kier molecular flexibility index (Phi) is 3.06. The molecule has 1 fully saturated rings. The predicted octanol–water partition coefficient (Wildman–Crippen LogP) is 2.70. The van der Waals surface area contributed by atoms with Crippen LogP contribution in [0.15, 0.2) is 29.6 Å². The molecule has 1 aliphatic heterocycles. The smallest absolute Gasteiger partial charge is 0.229 e. The van der Waals surface area contributed by atoms with Crippen molar-refractivity contribution in [1.29, 1.82) is 0 Å². The molecule has 2 atom stereocenters. The van der Waals surface area contributed by atoms with Crippen molar-refractivity contribution in [2.45, 2.75) is 6.92 Å². The van der Waals surface area contributed by atoms with Crippen molar-refractivity contribution >= 4 is 33.0 Å². The monoisotopic (exact) mass is 260 g/mol. The van der Waals surface area contributed by atoms with E-state index >= 15 is 0 Å². The van der Waals surface area contributed by atoms with Gasteiger partial charge in [0, 0.05) is 16.9 Å². The lowest BCUT2D eigenvalue weighted by molar-refractivity contribution is -0.120. The average Bonchev–Trinajstić information content (AvgIpc) is 2.96. The molecule has 1 aromatic carbocycles. The number of amides is 1. The third kappa shape index (κ3) is 2.13. The van der Waals surface area contributed by atoms with Gasteiger partial charge in [0.25, 0.3) is 0 Å². The summed E-state index contributed by atoms with van der Waals surface area (Å²) in [7, 11) is 0. The van der Waals surface area contributed by atoms with Crippen LogP contribution in [0.1, 0.15) is 6.92 Å². The normalized spacial score (nSPS) is 23.4. The maximum Gasteiger partial charge on any atom is 0.229 e. The van der Waals surface area contributed by atoms with E-state index in [1.807, 2.05) is 12.1 Å². The lowest BCUT2D eigenvalue weighted by Crippen LogP contribution is -2.27. The molecule has 0 spiro atoms. The van der Waals surface area contributed by atoms with Crippen LogP contribution >= 0.6 is 11.3 Å². The number of thiophene rings is 1. The maximum atomic E-state index is 12.2. The van der Waals surface area contributed by atoms with Crippen LogP contribution in [-0.4, -0.2) is 19.0 Å². The standard InChI is InChI=1S/C14H16N2OS/c1-9-7-15-8-12(9)14(17)16-11-2-3-13-10(6-11)4-5-18-13/h2-6,9,12,15H,7-8H2,1H3,(H,16,17). The number of hydrogen-bond acceptors (Lipinski definition) is 3. The van der Waals surface area contributed by atoms with Gasteiger partial charge in [-0.1, -0.05) is 6.92 Å². The second kappa shape index (κ2) is 4.71. The van der Waals surface area contributed by atoms with Crippen molar-refractivity contribution in [1.82, 2.24) is 5.32 Å². The highest BCUT2D eigenvalue weighted by Crippen LogP contribution is 2.25. The van der Waals surface area contributed by atoms with Gasteiger partial charge >= 0.3 is 0 Å². The number of carbonyl (C=O) groups is 1. The topological polar surface area (TPSA) is 41.1 Å². The zero-order chi connectivity index (χ0) is 12.5. The van der Waals surface area contributed by atoms with Crippen LogP contribution < -0.4 is 10.6 Å². The fourth-order valence-electron chi connectivity index (χ4n) is 2.44. The molecule has 18 heavy (non-hydrogen) atoms. The lowest BCUT2D eigenvalue weighted by Gasteiger charge is -2.14. The molecule has 4 heteroatoms. The summed E-state index contributed by atoms with van der Waals surface area (Å²) in [5, 5.41) is 9.54. The first-order valence-electron chi connectivity index (χ1n) is 6.23. The number of nitrogens with one attached hydrogen (secondary N) is 2. The Hall–Kier alpha value is -1.39. The van der Waals surface area contributed by atoms with E-state index in [2.05, 4.69) is 35.1 Å². The van der Waals surface area contributed by atoms with Crippen LogP contribution in [0.2, 0.25) is 0 Å². The summed E-state index contributed by atoms with van der Waals surface area (Å²) in [6.45, 7) is 3.83. The van der Waals surface area contributed by atoms with Gasteiger partial charge in [-0.15, -0.1) is 11.3 Å². The van der Waals surface area contributed by atoms with Gasteiger partial charge in [-0.2, -0.15) is 0 Å². The predicted molar refractivity (Wildman–Crippen MR) is 76.0 cm³/mol. The zero-order valence-corrected chi connectivity index (χ0v) is 11.1. The van der Waals surface area contributed by atoms with Crippen molar-refractivity contribution in [3.8, 4) is 0 Å². The van der Waals surface area contributed by atoms with Gasteiger partial charge in [0.1, 0.15) is 0 Å². The minimum absolute atomic E-state index is 0.0863. The summed E-state index contributed by atoms with van der Waals surface area (Å²) in [6, 6.07) is 8.15. The largest absolute Gasteiger partial charge is 0.326 e. The minimum atomic E-state index is 0.0863. The molecule has 1 aromatic heterocycles. The van der Waals surface area contributed by atoms with Crippen molar-refractivity contribution in [3.63, 3.8) is 0 Å². The first kappa shape index (κ1) is 11.7. The van der Waals surface area contributed by atoms with Crippen molar-refractivity contribution in [3.05, 3.63) is 29.6 Å². The first-order chi connectivity index (χ1) is 8.74. The Bertz CT molecular complexity index is 578. The van der Waals surface area contributed by atoms with Crippen LogP contribution in [0, 0.1) is 11.8 Å². The number of rotatable bonds is 2. The van der Waals surface area contributed by atoms with Gasteiger partial charge in [0.05, 0.1) is 5.92 Å². The third-order valence-corrected chi connectivity index (χ3v) is 4.47. The molecule has 0 aliphatic carbocycles. The van der Waals surface area contributed by atoms with E-state index < -0.39 is 0 Å². The van der Waals surface area contributed by atoms with E-state index in [-0.39, 0.29) is 11.8 Å². The van der Waals surface area contributed by atoms with E-state index in [4.69, 9.17) is 0 Å². The second-order valence-electron chi connectivity index (χ2n) is 4.90. The van der Waals surface area contributed by atoms with Gasteiger partial charge in [-0.3, -0.25) is 4.79 Å². The summed E-state index contributed by atoms with van der Waals surface area (Å²) in [5.41, 5.74) is 0.894. The molecule has 2 aromatic rings. The quantitative estimate of drug-likeness (QED) is 0.871. The molecule has 2 N–H and O–H groups in total. The summed E-state index contributed by atoms with van der Waals surface area (Å²) in [6.07, 6.45) is 0. The molecule has 1 saturated heterocycles. The first-order valence-corrected chi connectivity index (χ1v) is 7.11. The van der Waals surface area contributed by atoms with E-state index in [9.17, 15) is 4.79 Å². The third-order valence-electron chi connectivity index (χ3n) is 3.57. The Morgan fingerprint density at radius 3 is 3.06 bits per heavy atom. The number of anilines is 1. The van der Waals surface area contributed by atoms with Gasteiger partial charge < -0.3 is 10.6 Å². The molecular formula is C14H16N2OS. The summed E-state index contributed by atoms with van der Waals surface area (Å²) in [5.74, 6) is 0.625. The van der Waals surface area contributed by atoms with Gasteiger partial charge in [-0.25, -0.2) is 0 Å². The number of benzene rings is 1. The highest BCUT2D eigenvalue weighted by molar-refractivity contribution is 7.17. The lowest BCUT2D eigenvalue weighted by atomic mass is 9.97. The summed E-state index contributed by atoms with van der Waals surface area (Å²) < 4.78 is 1.25. The van der Waals surface area contributed by atoms with Crippen LogP contribution in [-0.2, 0) is 4.79 Å². The van der Waals surface area contributed by atoms with Gasteiger partial charge in [-0.05, 0) is 47.5 Å². The number of carbonyl (C=O) groups excluding carboxylic acids is 1. The molecule has 94 valence electrons. The van der Waals surface area contributed by atoms with E-state index in [0.29, 0.717) is 5.92 Å². The Morgan fingerprint density at radius 1 is 1.39 bits per heavy atom. The molecule has 0 saturated carbocycles. The molecular weight excluding hydrogens is 244 g/mol. The minimum Gasteiger partial charge on any atom is -0.326 e. The Labute approximate surface area is 110 Å². The fraction of sp³-hybridized carbons (Fsp3) is 0.357. The van der Waals surface area contributed by atoms with Crippen LogP contribution in [0.3, 0.4) is 0 Å². The van der Waals surface area contributed by atoms with E-state index in [1.54, 1.807) is 11.3 Å². The molecule has 2 heterocycles. The second-order valence-corrected chi connectivity index (χ2v) is 5.85. The molecule has 0 radical (unpaired) electrons. The number of hydrogen-bond donors (Lipinski definition) is 2. The van der Waals surface area contributed by atoms with Crippen molar-refractivity contribution in [2.75, 3.05) is 18.4 Å². The van der Waals surface area contributed by atoms with Crippen molar-refractivity contribution in [2.24, 2.45) is 11.8 Å². The van der Waals surface area contributed by atoms with E-state index in [1.165, 1.54) is 10.1 Å². The van der Waals surface area contributed by atoms with Crippen LogP contribution in [0.25, 0.3) is 10.1 Å². The van der Waals surface area contributed by atoms with Gasteiger partial charge in [0.2, 0.25) is 5.91 Å². The molecule has 0 bridgehead atoms. The molecule has 1 aliphatic rings. The highest BCUT2D eigenvalue weighted by atomic mass is 32.1. The Morgan fingerprint density at radius 2 is 2.28 bits per heavy atom. The summed E-state index contributed by atoms with van der Waals surface area (Å²) >= 11 is 1.72. The Balaban J connectivity index is 1.77. The fourth-order valence-corrected chi connectivity index (χ4v) is 3.21. The number of fused-ring (bicyclic) bond motifs is 1. The maximum absolute atomic E-state index is 12.2. The summed E-state index contributed by atoms with van der Waals surface area (Å²) in [4.78, 5) is 12.2. The average molecular weight is 260 g/mol.